The molecule has 0 aliphatic carbocycles. The zero-order valence-corrected chi connectivity index (χ0v) is 14.7. The second-order valence-corrected chi connectivity index (χ2v) is 6.26. The maximum absolute atomic E-state index is 11.9. The second kappa shape index (κ2) is 7.62. The number of anilines is 2. The average Bonchev–Trinajstić information content (AvgIpc) is 2.46. The van der Waals surface area contributed by atoms with Crippen molar-refractivity contribution in [2.45, 2.75) is 0 Å². The highest BCUT2D eigenvalue weighted by Gasteiger charge is 2.10. The third-order valence-corrected chi connectivity index (χ3v) is 4.53. The summed E-state index contributed by atoms with van der Waals surface area (Å²) in [7, 11) is 0. The molecule has 0 heterocycles. The molecule has 0 atom stereocenters. The Hall–Kier alpha value is -0.840. The Balaban J connectivity index is 2.02. The number of hydrogen-bond acceptors (Lipinski definition) is 2. The van der Waals surface area contributed by atoms with Crippen LogP contribution in [0.3, 0.4) is 0 Å². The van der Waals surface area contributed by atoms with Gasteiger partial charge in [-0.15, -0.1) is 0 Å². The van der Waals surface area contributed by atoms with Crippen LogP contribution in [-0.4, -0.2) is 12.5 Å². The molecular formula is C14H9Cl5N2O. The Morgan fingerprint density at radius 3 is 2.27 bits per heavy atom. The minimum absolute atomic E-state index is 0.0273. The molecule has 0 aliphatic rings. The number of rotatable bonds is 4. The summed E-state index contributed by atoms with van der Waals surface area (Å²) in [6, 6.07) is 8.02. The van der Waals surface area contributed by atoms with Crippen molar-refractivity contribution >= 4 is 75.3 Å². The molecule has 0 bridgehead atoms. The van der Waals surface area contributed by atoms with Gasteiger partial charge in [0.25, 0.3) is 0 Å². The van der Waals surface area contributed by atoms with Gasteiger partial charge in [0.15, 0.2) is 0 Å². The van der Waals surface area contributed by atoms with E-state index >= 15 is 0 Å². The summed E-state index contributed by atoms with van der Waals surface area (Å²) in [5, 5.41) is 7.21. The molecule has 2 N–H and O–H groups in total. The van der Waals surface area contributed by atoms with E-state index in [1.807, 2.05) is 0 Å². The lowest BCUT2D eigenvalue weighted by molar-refractivity contribution is -0.114. The van der Waals surface area contributed by atoms with E-state index in [1.165, 1.54) is 6.07 Å². The number of halogens is 5. The molecule has 8 heteroatoms. The Labute approximate surface area is 152 Å². The molecule has 0 aromatic heterocycles. The van der Waals surface area contributed by atoms with Crippen LogP contribution < -0.4 is 10.6 Å². The van der Waals surface area contributed by atoms with Gasteiger partial charge in [0.05, 0.1) is 43.0 Å². The molecule has 0 fully saturated rings. The fourth-order valence-electron chi connectivity index (χ4n) is 1.63. The molecule has 0 spiro atoms. The van der Waals surface area contributed by atoms with E-state index in [2.05, 4.69) is 10.6 Å². The molecule has 2 rings (SSSR count). The van der Waals surface area contributed by atoms with Gasteiger partial charge in [-0.1, -0.05) is 64.1 Å². The Morgan fingerprint density at radius 1 is 0.864 bits per heavy atom. The monoisotopic (exact) mass is 396 g/mol. The van der Waals surface area contributed by atoms with Crippen LogP contribution in [0, 0.1) is 0 Å². The lowest BCUT2D eigenvalue weighted by Gasteiger charge is -2.11. The summed E-state index contributed by atoms with van der Waals surface area (Å²) in [5.74, 6) is -0.314. The average molecular weight is 399 g/mol. The SMILES string of the molecule is O=C(CNc1cc(Cl)c(Cl)cc1Cl)Nc1cccc(Cl)c1Cl. The van der Waals surface area contributed by atoms with Gasteiger partial charge in [0.1, 0.15) is 0 Å². The minimum Gasteiger partial charge on any atom is -0.375 e. The molecule has 2 aromatic carbocycles. The molecule has 116 valence electrons. The third-order valence-electron chi connectivity index (χ3n) is 2.68. The lowest BCUT2D eigenvalue weighted by Crippen LogP contribution is -2.22. The lowest BCUT2D eigenvalue weighted by atomic mass is 10.3. The quantitative estimate of drug-likeness (QED) is 0.620. The van der Waals surface area contributed by atoms with Gasteiger partial charge >= 0.3 is 0 Å². The van der Waals surface area contributed by atoms with Crippen molar-refractivity contribution < 1.29 is 4.79 Å². The fourth-order valence-corrected chi connectivity index (χ4v) is 2.59. The number of hydrogen-bond donors (Lipinski definition) is 2. The molecule has 0 aliphatic heterocycles. The molecule has 22 heavy (non-hydrogen) atoms. The smallest absolute Gasteiger partial charge is 0.243 e. The van der Waals surface area contributed by atoms with E-state index in [4.69, 9.17) is 58.0 Å². The molecule has 0 saturated carbocycles. The van der Waals surface area contributed by atoms with E-state index < -0.39 is 0 Å². The van der Waals surface area contributed by atoms with Crippen molar-refractivity contribution in [2.75, 3.05) is 17.2 Å². The van der Waals surface area contributed by atoms with Crippen LogP contribution in [-0.2, 0) is 4.79 Å². The predicted molar refractivity (Wildman–Crippen MR) is 95.1 cm³/mol. The number of carbonyl (C=O) groups is 1. The predicted octanol–water partition coefficient (Wildman–Crippen LogP) is 6.00. The summed E-state index contributed by atoms with van der Waals surface area (Å²) in [4.78, 5) is 11.9. The van der Waals surface area contributed by atoms with Crippen molar-refractivity contribution in [3.63, 3.8) is 0 Å². The third kappa shape index (κ3) is 4.34. The molecule has 0 unspecified atom stereocenters. The van der Waals surface area contributed by atoms with Crippen LogP contribution >= 0.6 is 58.0 Å². The largest absolute Gasteiger partial charge is 0.375 e. The van der Waals surface area contributed by atoms with E-state index in [1.54, 1.807) is 24.3 Å². The van der Waals surface area contributed by atoms with E-state index in [0.717, 1.165) is 0 Å². The number of carbonyl (C=O) groups excluding carboxylic acids is 1. The normalized spacial score (nSPS) is 10.4. The molecule has 1 amide bonds. The van der Waals surface area contributed by atoms with Gasteiger partial charge in [-0.3, -0.25) is 4.79 Å². The highest BCUT2D eigenvalue weighted by Crippen LogP contribution is 2.32. The van der Waals surface area contributed by atoms with Crippen molar-refractivity contribution in [2.24, 2.45) is 0 Å². The summed E-state index contributed by atoms with van der Waals surface area (Å²) in [5.41, 5.74) is 0.935. The van der Waals surface area contributed by atoms with Gasteiger partial charge in [-0.25, -0.2) is 0 Å². The first-order valence-corrected chi connectivity index (χ1v) is 7.89. The van der Waals surface area contributed by atoms with Gasteiger partial charge in [-0.05, 0) is 24.3 Å². The van der Waals surface area contributed by atoms with Gasteiger partial charge in [-0.2, -0.15) is 0 Å². The number of benzene rings is 2. The van der Waals surface area contributed by atoms with Gasteiger partial charge < -0.3 is 10.6 Å². The maximum atomic E-state index is 11.9. The summed E-state index contributed by atoms with van der Waals surface area (Å²) in [6.45, 7) is -0.0273. The van der Waals surface area contributed by atoms with E-state index in [9.17, 15) is 4.79 Å². The summed E-state index contributed by atoms with van der Waals surface area (Å²) < 4.78 is 0. The fraction of sp³-hybridized carbons (Fsp3) is 0.0714. The summed E-state index contributed by atoms with van der Waals surface area (Å²) in [6.07, 6.45) is 0. The zero-order chi connectivity index (χ0) is 16.3. The van der Waals surface area contributed by atoms with Gasteiger partial charge in [0.2, 0.25) is 5.91 Å². The first-order valence-electron chi connectivity index (χ1n) is 6.00. The van der Waals surface area contributed by atoms with Crippen LogP contribution in [0.4, 0.5) is 11.4 Å². The van der Waals surface area contributed by atoms with Crippen LogP contribution in [0.25, 0.3) is 0 Å². The molecule has 0 saturated heterocycles. The van der Waals surface area contributed by atoms with Gasteiger partial charge in [0, 0.05) is 0 Å². The topological polar surface area (TPSA) is 41.1 Å². The highest BCUT2D eigenvalue weighted by atomic mass is 35.5. The van der Waals surface area contributed by atoms with Crippen LogP contribution in [0.1, 0.15) is 0 Å². The maximum Gasteiger partial charge on any atom is 0.243 e. The molecule has 2 aromatic rings. The van der Waals surface area contributed by atoms with Crippen LogP contribution in [0.2, 0.25) is 25.1 Å². The van der Waals surface area contributed by atoms with E-state index in [-0.39, 0.29) is 17.5 Å². The van der Waals surface area contributed by atoms with Crippen LogP contribution in [0.15, 0.2) is 30.3 Å². The number of nitrogens with one attached hydrogen (secondary N) is 2. The molecular weight excluding hydrogens is 389 g/mol. The highest BCUT2D eigenvalue weighted by molar-refractivity contribution is 6.44. The Morgan fingerprint density at radius 2 is 1.55 bits per heavy atom. The molecule has 3 nitrogen and oxygen atoms in total. The minimum atomic E-state index is -0.314. The first kappa shape index (κ1) is 17.5. The van der Waals surface area contributed by atoms with Crippen molar-refractivity contribution in [3.05, 3.63) is 55.4 Å². The number of amides is 1. The Bertz CT molecular complexity index is 721. The van der Waals surface area contributed by atoms with Crippen molar-refractivity contribution in [3.8, 4) is 0 Å². The standard InChI is InChI=1S/C14H9Cl5N2O/c15-7-2-1-3-11(14(7)19)21-13(22)6-20-12-5-9(17)8(16)4-10(12)18/h1-5,20H,6H2,(H,21,22). The van der Waals surface area contributed by atoms with Crippen LogP contribution in [0.5, 0.6) is 0 Å². The van der Waals surface area contributed by atoms with Crippen molar-refractivity contribution in [1.29, 1.82) is 0 Å². The zero-order valence-electron chi connectivity index (χ0n) is 10.9. The van der Waals surface area contributed by atoms with E-state index in [0.29, 0.717) is 31.5 Å². The van der Waals surface area contributed by atoms with Crippen molar-refractivity contribution in [1.82, 2.24) is 0 Å². The second-order valence-electron chi connectivity index (χ2n) is 4.25. The molecule has 0 radical (unpaired) electrons. The summed E-state index contributed by atoms with van der Waals surface area (Å²) >= 11 is 29.6. The first-order chi connectivity index (χ1) is 10.4. The Kier molecular flexibility index (Phi) is 6.07.